The summed E-state index contributed by atoms with van der Waals surface area (Å²) >= 11 is 7.15. The van der Waals surface area contributed by atoms with Gasteiger partial charge >= 0.3 is 6.18 Å². The maximum Gasteiger partial charge on any atom is 0.416 e. The fourth-order valence-corrected chi connectivity index (χ4v) is 4.41. The van der Waals surface area contributed by atoms with Gasteiger partial charge in [0.1, 0.15) is 5.25 Å². The highest BCUT2D eigenvalue weighted by Crippen LogP contribution is 2.37. The molecule has 0 radical (unpaired) electrons. The predicted octanol–water partition coefficient (Wildman–Crippen LogP) is 7.18. The van der Waals surface area contributed by atoms with Gasteiger partial charge in [-0.15, -0.1) is 5.10 Å². The van der Waals surface area contributed by atoms with E-state index in [2.05, 4.69) is 27.4 Å². The number of nitrogens with one attached hydrogen (secondary N) is 2. The average molecular weight is 517 g/mol. The molecule has 0 unspecified atom stereocenters. The van der Waals surface area contributed by atoms with E-state index in [0.29, 0.717) is 16.5 Å². The zero-order valence-corrected chi connectivity index (χ0v) is 20.0. The van der Waals surface area contributed by atoms with Crippen LogP contribution in [-0.4, -0.2) is 21.1 Å². The van der Waals surface area contributed by atoms with Crippen molar-refractivity contribution in [2.24, 2.45) is 0 Å². The van der Waals surface area contributed by atoms with Crippen LogP contribution in [0.2, 0.25) is 5.02 Å². The highest BCUT2D eigenvalue weighted by atomic mass is 35.5. The van der Waals surface area contributed by atoms with Crippen molar-refractivity contribution >= 4 is 35.0 Å². The first-order valence-electron chi connectivity index (χ1n) is 10.7. The lowest BCUT2D eigenvalue weighted by Gasteiger charge is -2.17. The Kier molecular flexibility index (Phi) is 7.47. The molecule has 0 aliphatic heterocycles. The van der Waals surface area contributed by atoms with E-state index in [-0.39, 0.29) is 10.7 Å². The molecule has 0 aliphatic rings. The van der Waals surface area contributed by atoms with Crippen molar-refractivity contribution < 1.29 is 18.0 Å². The molecule has 4 rings (SSSR count). The van der Waals surface area contributed by atoms with Crippen molar-refractivity contribution in [1.82, 2.24) is 15.2 Å². The number of thioether (sulfide) groups is 1. The minimum absolute atomic E-state index is 0.00105. The molecule has 180 valence electrons. The van der Waals surface area contributed by atoms with Gasteiger partial charge in [0.25, 0.3) is 0 Å². The fraction of sp³-hybridized carbons (Fsp3) is 0.160. The number of amides is 1. The van der Waals surface area contributed by atoms with Crippen molar-refractivity contribution in [3.05, 3.63) is 94.5 Å². The summed E-state index contributed by atoms with van der Waals surface area (Å²) in [4.78, 5) is 17.7. The molecule has 1 atom stereocenters. The van der Waals surface area contributed by atoms with Gasteiger partial charge in [-0.05, 0) is 35.7 Å². The summed E-state index contributed by atoms with van der Waals surface area (Å²) in [6, 6.07) is 19.5. The van der Waals surface area contributed by atoms with Crippen molar-refractivity contribution in [2.45, 2.75) is 29.9 Å². The standard InChI is InChI=1S/C25H20ClF3N4OS/c1-2-15-8-10-17(11-9-15)22-31-24(33-32-22)35-21(16-6-4-3-5-7-16)23(34)30-20-14-18(25(27,28)29)12-13-19(20)26/h3-14,21H,2H2,1H3,(H,30,34)(H,31,32,33)/t21-/m1/s1. The molecule has 2 N–H and O–H groups in total. The number of halogens is 4. The Labute approximate surface area is 209 Å². The van der Waals surface area contributed by atoms with Gasteiger partial charge in [0.15, 0.2) is 5.82 Å². The first-order valence-corrected chi connectivity index (χ1v) is 11.9. The summed E-state index contributed by atoms with van der Waals surface area (Å²) in [6.07, 6.45) is -3.65. The second kappa shape index (κ2) is 10.5. The quantitative estimate of drug-likeness (QED) is 0.255. The molecule has 0 saturated carbocycles. The summed E-state index contributed by atoms with van der Waals surface area (Å²) < 4.78 is 39.5. The second-order valence-electron chi connectivity index (χ2n) is 7.61. The molecular weight excluding hydrogens is 497 g/mol. The van der Waals surface area contributed by atoms with E-state index >= 15 is 0 Å². The summed E-state index contributed by atoms with van der Waals surface area (Å²) in [6.45, 7) is 2.07. The molecule has 0 spiro atoms. The number of aromatic amines is 1. The topological polar surface area (TPSA) is 70.7 Å². The van der Waals surface area contributed by atoms with E-state index < -0.39 is 22.9 Å². The summed E-state index contributed by atoms with van der Waals surface area (Å²) in [7, 11) is 0. The number of H-pyrrole nitrogens is 1. The van der Waals surface area contributed by atoms with Crippen molar-refractivity contribution in [2.75, 3.05) is 5.32 Å². The van der Waals surface area contributed by atoms with E-state index in [1.54, 1.807) is 30.3 Å². The molecule has 0 fully saturated rings. The number of hydrogen-bond acceptors (Lipinski definition) is 4. The van der Waals surface area contributed by atoms with Gasteiger partial charge in [-0.2, -0.15) is 13.2 Å². The summed E-state index contributed by atoms with van der Waals surface area (Å²) in [5, 5.41) is 9.12. The van der Waals surface area contributed by atoms with Gasteiger partial charge in [0, 0.05) is 5.56 Å². The SMILES string of the molecule is CCc1ccc(-c2nc(S[C@@H](C(=O)Nc3cc(C(F)(F)F)ccc3Cl)c3ccccc3)n[nH]2)cc1. The van der Waals surface area contributed by atoms with Gasteiger partial charge in [0.2, 0.25) is 11.1 Å². The normalized spacial score (nSPS) is 12.4. The minimum Gasteiger partial charge on any atom is -0.323 e. The molecule has 1 heterocycles. The number of benzene rings is 3. The van der Waals surface area contributed by atoms with Gasteiger partial charge in [0.05, 0.1) is 16.3 Å². The number of aromatic nitrogens is 3. The van der Waals surface area contributed by atoms with Crippen molar-refractivity contribution in [3.63, 3.8) is 0 Å². The molecule has 1 aromatic heterocycles. The third-order valence-corrected chi connectivity index (χ3v) is 6.66. The smallest absolute Gasteiger partial charge is 0.323 e. The number of nitrogens with zero attached hydrogens (tertiary/aromatic N) is 2. The molecule has 4 aromatic rings. The third kappa shape index (κ3) is 6.04. The molecule has 1 amide bonds. The summed E-state index contributed by atoms with van der Waals surface area (Å²) in [5.74, 6) is -0.00984. The first-order chi connectivity index (χ1) is 16.7. The lowest BCUT2D eigenvalue weighted by molar-refractivity contribution is -0.137. The van der Waals surface area contributed by atoms with E-state index in [0.717, 1.165) is 41.9 Å². The zero-order valence-electron chi connectivity index (χ0n) is 18.4. The number of aryl methyl sites for hydroxylation is 1. The van der Waals surface area contributed by atoms with Gasteiger partial charge in [-0.25, -0.2) is 4.98 Å². The first kappa shape index (κ1) is 24.8. The molecule has 35 heavy (non-hydrogen) atoms. The third-order valence-electron chi connectivity index (χ3n) is 5.22. The number of anilines is 1. The lowest BCUT2D eigenvalue weighted by atomic mass is 10.1. The number of rotatable bonds is 7. The Morgan fingerprint density at radius 2 is 1.80 bits per heavy atom. The molecule has 0 aliphatic carbocycles. The maximum atomic E-state index is 13.2. The van der Waals surface area contributed by atoms with Crippen molar-refractivity contribution in [1.29, 1.82) is 0 Å². The van der Waals surface area contributed by atoms with Crippen LogP contribution < -0.4 is 5.32 Å². The number of alkyl halides is 3. The number of carbonyl (C=O) groups is 1. The van der Waals surface area contributed by atoms with E-state index in [4.69, 9.17) is 11.6 Å². The van der Waals surface area contributed by atoms with E-state index in [1.807, 2.05) is 24.3 Å². The second-order valence-corrected chi connectivity index (χ2v) is 9.09. The minimum atomic E-state index is -4.57. The van der Waals surface area contributed by atoms with Crippen LogP contribution in [-0.2, 0) is 17.4 Å². The Morgan fingerprint density at radius 3 is 2.46 bits per heavy atom. The van der Waals surface area contributed by atoms with Crippen LogP contribution >= 0.6 is 23.4 Å². The highest BCUT2D eigenvalue weighted by Gasteiger charge is 2.32. The van der Waals surface area contributed by atoms with Crippen LogP contribution in [0.4, 0.5) is 18.9 Å². The van der Waals surface area contributed by atoms with Crippen LogP contribution in [0.3, 0.4) is 0 Å². The molecule has 3 aromatic carbocycles. The Hall–Kier alpha value is -3.30. The average Bonchev–Trinajstić information content (AvgIpc) is 3.32. The van der Waals surface area contributed by atoms with Gasteiger partial charge in [-0.1, -0.05) is 84.9 Å². The largest absolute Gasteiger partial charge is 0.416 e. The highest BCUT2D eigenvalue weighted by molar-refractivity contribution is 8.00. The Balaban J connectivity index is 1.59. The molecule has 5 nitrogen and oxygen atoms in total. The molecule has 10 heteroatoms. The van der Waals surface area contributed by atoms with E-state index in [9.17, 15) is 18.0 Å². The molecular formula is C25H20ClF3N4OS. The van der Waals surface area contributed by atoms with Crippen LogP contribution in [0.1, 0.15) is 28.9 Å². The Morgan fingerprint density at radius 1 is 1.09 bits per heavy atom. The molecule has 0 bridgehead atoms. The fourth-order valence-electron chi connectivity index (χ4n) is 3.33. The van der Waals surface area contributed by atoms with Crippen molar-refractivity contribution in [3.8, 4) is 11.4 Å². The van der Waals surface area contributed by atoms with Crippen LogP contribution in [0.15, 0.2) is 78.0 Å². The van der Waals surface area contributed by atoms with Crippen LogP contribution in [0.5, 0.6) is 0 Å². The maximum absolute atomic E-state index is 13.2. The van der Waals surface area contributed by atoms with E-state index in [1.165, 1.54) is 5.56 Å². The Bertz CT molecular complexity index is 1310. The summed E-state index contributed by atoms with van der Waals surface area (Å²) in [5.41, 5.74) is 1.64. The molecule has 0 saturated heterocycles. The predicted molar refractivity (Wildman–Crippen MR) is 131 cm³/mol. The number of carbonyl (C=O) groups excluding carboxylic acids is 1. The lowest BCUT2D eigenvalue weighted by Crippen LogP contribution is -2.20. The van der Waals surface area contributed by atoms with Gasteiger partial charge in [-0.3, -0.25) is 9.89 Å². The monoisotopic (exact) mass is 516 g/mol. The zero-order chi connectivity index (χ0) is 25.0. The van der Waals surface area contributed by atoms with Gasteiger partial charge < -0.3 is 5.32 Å². The van der Waals surface area contributed by atoms with Crippen LogP contribution in [0, 0.1) is 0 Å². The number of hydrogen-bond donors (Lipinski definition) is 2. The van der Waals surface area contributed by atoms with Crippen LogP contribution in [0.25, 0.3) is 11.4 Å².